The molecule has 122 valence electrons. The number of amides is 1. The third-order valence-corrected chi connectivity index (χ3v) is 3.50. The number of benzene rings is 1. The molecule has 1 amide bonds. The number of halogens is 3. The lowest BCUT2D eigenvalue weighted by Crippen LogP contribution is -2.50. The van der Waals surface area contributed by atoms with Gasteiger partial charge in [0.25, 0.3) is 5.91 Å². The summed E-state index contributed by atoms with van der Waals surface area (Å²) in [6, 6.07) is 4.32. The Morgan fingerprint density at radius 2 is 1.91 bits per heavy atom. The summed E-state index contributed by atoms with van der Waals surface area (Å²) in [5.41, 5.74) is 0.116. The van der Waals surface area contributed by atoms with Crippen LogP contribution in [0, 0.1) is 0 Å². The number of hydrogen-bond donors (Lipinski definition) is 1. The first-order chi connectivity index (χ1) is 10.3. The lowest BCUT2D eigenvalue weighted by molar-refractivity contribution is -0.148. The van der Waals surface area contributed by atoms with Gasteiger partial charge in [-0.15, -0.1) is 0 Å². The van der Waals surface area contributed by atoms with Crippen LogP contribution in [-0.4, -0.2) is 66.8 Å². The van der Waals surface area contributed by atoms with Crippen molar-refractivity contribution in [2.24, 2.45) is 0 Å². The molecule has 1 fully saturated rings. The van der Waals surface area contributed by atoms with E-state index in [0.717, 1.165) is 0 Å². The fraction of sp³-hybridized carbons (Fsp3) is 0.500. The number of methoxy groups -OCH3 is 1. The Bertz CT molecular complexity index is 541. The number of ether oxygens (including phenoxy) is 1. The van der Waals surface area contributed by atoms with Gasteiger partial charge in [0.2, 0.25) is 0 Å². The minimum absolute atomic E-state index is 0.116. The Morgan fingerprint density at radius 1 is 1.27 bits per heavy atom. The van der Waals surface area contributed by atoms with Crippen LogP contribution in [0.15, 0.2) is 18.2 Å². The molecule has 0 radical (unpaired) electrons. The molecule has 1 aromatic rings. The minimum Gasteiger partial charge on any atom is -0.507 e. The smallest absolute Gasteiger partial charge is 0.401 e. The van der Waals surface area contributed by atoms with Crippen molar-refractivity contribution in [3.05, 3.63) is 23.8 Å². The summed E-state index contributed by atoms with van der Waals surface area (Å²) < 4.78 is 41.9. The number of carbonyl (C=O) groups excluding carboxylic acids is 1. The minimum atomic E-state index is -4.24. The largest absolute Gasteiger partial charge is 0.507 e. The Balaban J connectivity index is 1.98. The van der Waals surface area contributed by atoms with Gasteiger partial charge in [-0.25, -0.2) is 0 Å². The molecule has 1 aromatic carbocycles. The Labute approximate surface area is 125 Å². The number of nitrogens with zero attached hydrogens (tertiary/aromatic N) is 2. The zero-order chi connectivity index (χ0) is 16.3. The fourth-order valence-electron chi connectivity index (χ4n) is 2.35. The van der Waals surface area contributed by atoms with Crippen LogP contribution in [0.3, 0.4) is 0 Å². The molecule has 1 aliphatic rings. The first-order valence-corrected chi connectivity index (χ1v) is 6.75. The van der Waals surface area contributed by atoms with Gasteiger partial charge < -0.3 is 14.7 Å². The summed E-state index contributed by atoms with van der Waals surface area (Å²) in [5.74, 6) is -0.182. The van der Waals surface area contributed by atoms with E-state index in [1.54, 1.807) is 6.07 Å². The SMILES string of the molecule is COc1ccc(C(=O)N2CCN(CC(F)(F)F)CC2)c(O)c1. The van der Waals surface area contributed by atoms with Gasteiger partial charge in [0.15, 0.2) is 0 Å². The normalized spacial score (nSPS) is 16.6. The highest BCUT2D eigenvalue weighted by molar-refractivity contribution is 5.97. The van der Waals surface area contributed by atoms with E-state index in [9.17, 15) is 23.1 Å². The van der Waals surface area contributed by atoms with E-state index in [0.29, 0.717) is 5.75 Å². The third kappa shape index (κ3) is 4.03. The van der Waals surface area contributed by atoms with Crippen molar-refractivity contribution in [2.75, 3.05) is 39.8 Å². The van der Waals surface area contributed by atoms with Gasteiger partial charge in [0, 0.05) is 32.2 Å². The highest BCUT2D eigenvalue weighted by Crippen LogP contribution is 2.25. The van der Waals surface area contributed by atoms with Crippen molar-refractivity contribution < 1.29 is 27.8 Å². The first-order valence-electron chi connectivity index (χ1n) is 6.75. The van der Waals surface area contributed by atoms with E-state index in [1.807, 2.05) is 0 Å². The predicted molar refractivity (Wildman–Crippen MR) is 73.1 cm³/mol. The quantitative estimate of drug-likeness (QED) is 0.922. The molecule has 5 nitrogen and oxygen atoms in total. The molecule has 1 saturated heterocycles. The lowest BCUT2D eigenvalue weighted by Gasteiger charge is -2.35. The number of hydrogen-bond acceptors (Lipinski definition) is 4. The summed E-state index contributed by atoms with van der Waals surface area (Å²) in [7, 11) is 1.44. The predicted octanol–water partition coefficient (Wildman–Crippen LogP) is 1.72. The number of carbonyl (C=O) groups is 1. The topological polar surface area (TPSA) is 53.0 Å². The standard InChI is InChI=1S/C14H17F3N2O3/c1-22-10-2-3-11(12(20)8-10)13(21)19-6-4-18(5-7-19)9-14(15,16)17/h2-3,8,20H,4-7,9H2,1H3. The second kappa shape index (κ2) is 6.43. The zero-order valence-corrected chi connectivity index (χ0v) is 12.1. The zero-order valence-electron chi connectivity index (χ0n) is 12.1. The maximum Gasteiger partial charge on any atom is 0.401 e. The number of aromatic hydroxyl groups is 1. The van der Waals surface area contributed by atoms with E-state index in [-0.39, 0.29) is 37.5 Å². The van der Waals surface area contributed by atoms with Gasteiger partial charge >= 0.3 is 6.18 Å². The summed E-state index contributed by atoms with van der Waals surface area (Å²) in [6.07, 6.45) is -4.24. The Hall–Kier alpha value is -1.96. The average molecular weight is 318 g/mol. The molecule has 0 atom stereocenters. The summed E-state index contributed by atoms with van der Waals surface area (Å²) in [6.45, 7) is -0.270. The molecular weight excluding hydrogens is 301 g/mol. The van der Waals surface area contributed by atoms with E-state index in [1.165, 1.54) is 29.0 Å². The van der Waals surface area contributed by atoms with Crippen molar-refractivity contribution in [2.45, 2.75) is 6.18 Å². The van der Waals surface area contributed by atoms with Crippen LogP contribution < -0.4 is 4.74 Å². The van der Waals surface area contributed by atoms with Crippen LogP contribution in [0.2, 0.25) is 0 Å². The van der Waals surface area contributed by atoms with Crippen molar-refractivity contribution in [1.82, 2.24) is 9.80 Å². The number of phenols is 1. The van der Waals surface area contributed by atoms with Crippen molar-refractivity contribution in [3.63, 3.8) is 0 Å². The highest BCUT2D eigenvalue weighted by atomic mass is 19.4. The number of alkyl halides is 3. The van der Waals surface area contributed by atoms with Crippen molar-refractivity contribution >= 4 is 5.91 Å². The van der Waals surface area contributed by atoms with Crippen LogP contribution in [-0.2, 0) is 0 Å². The summed E-state index contributed by atoms with van der Waals surface area (Å²) in [4.78, 5) is 15.0. The molecule has 22 heavy (non-hydrogen) atoms. The van der Waals surface area contributed by atoms with E-state index < -0.39 is 18.6 Å². The Morgan fingerprint density at radius 3 is 2.41 bits per heavy atom. The van der Waals surface area contributed by atoms with Crippen LogP contribution in [0.1, 0.15) is 10.4 Å². The van der Waals surface area contributed by atoms with E-state index in [2.05, 4.69) is 0 Å². The highest BCUT2D eigenvalue weighted by Gasteiger charge is 2.33. The second-order valence-corrected chi connectivity index (χ2v) is 5.07. The maximum atomic E-state index is 12.3. The van der Waals surface area contributed by atoms with Gasteiger partial charge in [-0.2, -0.15) is 13.2 Å². The Kier molecular flexibility index (Phi) is 4.80. The van der Waals surface area contributed by atoms with Crippen molar-refractivity contribution in [1.29, 1.82) is 0 Å². The summed E-state index contributed by atoms with van der Waals surface area (Å²) in [5, 5.41) is 9.84. The molecule has 0 unspecified atom stereocenters. The number of rotatable bonds is 3. The molecule has 1 heterocycles. The maximum absolute atomic E-state index is 12.3. The lowest BCUT2D eigenvalue weighted by atomic mass is 10.1. The van der Waals surface area contributed by atoms with Crippen molar-refractivity contribution in [3.8, 4) is 11.5 Å². The first kappa shape index (κ1) is 16.4. The average Bonchev–Trinajstić information content (AvgIpc) is 2.45. The molecule has 0 saturated carbocycles. The van der Waals surface area contributed by atoms with E-state index in [4.69, 9.17) is 4.74 Å². The van der Waals surface area contributed by atoms with Gasteiger partial charge in [-0.05, 0) is 12.1 Å². The number of phenolic OH excluding ortho intramolecular Hbond substituents is 1. The second-order valence-electron chi connectivity index (χ2n) is 5.07. The van der Waals surface area contributed by atoms with Crippen LogP contribution in [0.5, 0.6) is 11.5 Å². The molecule has 1 N–H and O–H groups in total. The number of piperazine rings is 1. The molecular formula is C14H17F3N2O3. The van der Waals surface area contributed by atoms with Gasteiger partial charge in [-0.3, -0.25) is 9.69 Å². The monoisotopic (exact) mass is 318 g/mol. The van der Waals surface area contributed by atoms with Crippen LogP contribution >= 0.6 is 0 Å². The van der Waals surface area contributed by atoms with Crippen LogP contribution in [0.25, 0.3) is 0 Å². The molecule has 8 heteroatoms. The molecule has 0 bridgehead atoms. The van der Waals surface area contributed by atoms with Gasteiger partial charge in [-0.1, -0.05) is 0 Å². The summed E-state index contributed by atoms with van der Waals surface area (Å²) >= 11 is 0. The molecule has 0 aromatic heterocycles. The molecule has 2 rings (SSSR count). The van der Waals surface area contributed by atoms with Gasteiger partial charge in [0.05, 0.1) is 19.2 Å². The van der Waals surface area contributed by atoms with Crippen LogP contribution in [0.4, 0.5) is 13.2 Å². The third-order valence-electron chi connectivity index (χ3n) is 3.50. The molecule has 1 aliphatic heterocycles. The van der Waals surface area contributed by atoms with Gasteiger partial charge in [0.1, 0.15) is 11.5 Å². The van der Waals surface area contributed by atoms with E-state index >= 15 is 0 Å². The fourth-order valence-corrected chi connectivity index (χ4v) is 2.35. The molecule has 0 aliphatic carbocycles. The molecule has 0 spiro atoms.